The number of alkyl halides is 1. The largest absolute Gasteiger partial charge is 0.503 e. The molecule has 0 saturated heterocycles. The van der Waals surface area contributed by atoms with Crippen molar-refractivity contribution in [1.29, 1.82) is 5.26 Å². The van der Waals surface area contributed by atoms with E-state index in [2.05, 4.69) is 4.74 Å². The lowest BCUT2D eigenvalue weighted by Crippen LogP contribution is -2.46. The van der Waals surface area contributed by atoms with Crippen molar-refractivity contribution in [3.8, 4) is 6.07 Å². The van der Waals surface area contributed by atoms with E-state index in [9.17, 15) is 9.18 Å². The number of esters is 1. The molecule has 0 fully saturated rings. The summed E-state index contributed by atoms with van der Waals surface area (Å²) in [6, 6.07) is 1.22. The first-order valence-corrected chi connectivity index (χ1v) is 6.31. The van der Waals surface area contributed by atoms with E-state index in [1.807, 2.05) is 0 Å². The predicted molar refractivity (Wildman–Crippen MR) is 53.1 cm³/mol. The average Bonchev–Trinajstić information content (AvgIpc) is 2.32. The summed E-state index contributed by atoms with van der Waals surface area (Å²) in [6.07, 6.45) is -1.93. The van der Waals surface area contributed by atoms with Crippen LogP contribution in [0, 0.1) is 11.3 Å². The smallest absolute Gasteiger partial charge is 0.448 e. The van der Waals surface area contributed by atoms with E-state index in [0.29, 0.717) is 0 Å². The van der Waals surface area contributed by atoms with Crippen molar-refractivity contribution in [2.24, 2.45) is 0 Å². The first-order valence-electron chi connectivity index (χ1n) is 4.38. The molecule has 0 spiro atoms. The highest BCUT2D eigenvalue weighted by Crippen LogP contribution is 2.18. The molecule has 0 bridgehead atoms. The van der Waals surface area contributed by atoms with Gasteiger partial charge in [0.1, 0.15) is 6.07 Å². The lowest BCUT2D eigenvalue weighted by Gasteiger charge is -2.24. The van der Waals surface area contributed by atoms with Crippen molar-refractivity contribution < 1.29 is 27.2 Å². The van der Waals surface area contributed by atoms with Crippen LogP contribution in [0.3, 0.4) is 0 Å². The lowest BCUT2D eigenvalue weighted by molar-refractivity contribution is -0.147. The molecule has 1 unspecified atom stereocenters. The molecule has 0 aliphatic heterocycles. The summed E-state index contributed by atoms with van der Waals surface area (Å²) in [5.41, 5.74) is 0. The van der Waals surface area contributed by atoms with E-state index < -0.39 is 27.6 Å². The van der Waals surface area contributed by atoms with Crippen LogP contribution in [-0.2, 0) is 22.8 Å². The minimum Gasteiger partial charge on any atom is -0.448 e. The minimum atomic E-state index is -3.14. The van der Waals surface area contributed by atoms with E-state index in [1.54, 1.807) is 6.07 Å². The molecule has 92 valence electrons. The van der Waals surface area contributed by atoms with Crippen molar-refractivity contribution in [2.75, 3.05) is 27.9 Å². The van der Waals surface area contributed by atoms with Crippen LogP contribution in [0.25, 0.3) is 0 Å². The van der Waals surface area contributed by atoms with Crippen LogP contribution in [-0.4, -0.2) is 48.9 Å². The van der Waals surface area contributed by atoms with Crippen LogP contribution >= 0.6 is 0 Å². The van der Waals surface area contributed by atoms with Crippen molar-refractivity contribution in [2.45, 2.75) is 12.2 Å². The Morgan fingerprint density at radius 1 is 1.38 bits per heavy atom. The normalized spacial score (nSPS) is 12.9. The number of hydrogen-bond acceptors (Lipinski definition) is 6. The fourth-order valence-corrected chi connectivity index (χ4v) is 2.60. The molecule has 0 heterocycles. The molecule has 0 aromatic carbocycles. The first kappa shape index (κ1) is 15.0. The van der Waals surface area contributed by atoms with E-state index in [1.165, 1.54) is 21.3 Å². The summed E-state index contributed by atoms with van der Waals surface area (Å²) in [6.45, 7) is -0.485. The Morgan fingerprint density at radius 2 is 1.88 bits per heavy atom. The summed E-state index contributed by atoms with van der Waals surface area (Å²) in [5.74, 6) is -1.12. The minimum absolute atomic E-state index is 0.346. The number of carbonyl (C=O) groups is 1. The zero-order chi connectivity index (χ0) is 12.6. The molecule has 0 aliphatic rings. The number of carbonyl (C=O) groups excluding carboxylic acids is 1. The third-order valence-corrected chi connectivity index (χ3v) is 4.62. The van der Waals surface area contributed by atoms with E-state index in [-0.39, 0.29) is 6.04 Å². The van der Waals surface area contributed by atoms with Crippen molar-refractivity contribution in [3.05, 3.63) is 0 Å². The number of nitriles is 1. The number of hydrogen-bond donors (Lipinski definition) is 0. The molecule has 8 heteroatoms. The summed E-state index contributed by atoms with van der Waals surface area (Å²) in [5, 5.41) is 8.15. The Hall–Kier alpha value is -1.01. The SMILES string of the molecule is CO[Si](CC(F)C(=O)OCC#N)(OC)OC. The Labute approximate surface area is 94.2 Å². The Morgan fingerprint density at radius 3 is 2.25 bits per heavy atom. The molecule has 0 radical (unpaired) electrons. The fourth-order valence-electron chi connectivity index (χ4n) is 0.997. The molecular weight excluding hydrogens is 237 g/mol. The zero-order valence-electron chi connectivity index (χ0n) is 9.36. The monoisotopic (exact) mass is 251 g/mol. The summed E-state index contributed by atoms with van der Waals surface area (Å²) in [4.78, 5) is 11.0. The Kier molecular flexibility index (Phi) is 6.83. The zero-order valence-corrected chi connectivity index (χ0v) is 10.4. The van der Waals surface area contributed by atoms with Gasteiger partial charge in [-0.2, -0.15) is 5.26 Å². The number of ether oxygens (including phenoxy) is 1. The third-order valence-electron chi connectivity index (χ3n) is 1.90. The van der Waals surface area contributed by atoms with Crippen LogP contribution in [0.15, 0.2) is 0 Å². The fraction of sp³-hybridized carbons (Fsp3) is 0.750. The highest BCUT2D eigenvalue weighted by molar-refractivity contribution is 6.61. The van der Waals surface area contributed by atoms with Gasteiger partial charge in [0.2, 0.25) is 6.17 Å². The maximum Gasteiger partial charge on any atom is 0.503 e. The number of rotatable bonds is 7. The molecule has 0 aliphatic carbocycles. The molecule has 0 amide bonds. The van der Waals surface area contributed by atoms with Crippen LogP contribution < -0.4 is 0 Å². The van der Waals surface area contributed by atoms with Gasteiger partial charge in [-0.1, -0.05) is 0 Å². The molecule has 16 heavy (non-hydrogen) atoms. The molecule has 1 atom stereocenters. The highest BCUT2D eigenvalue weighted by Gasteiger charge is 2.43. The highest BCUT2D eigenvalue weighted by atomic mass is 28.4. The average molecular weight is 251 g/mol. The van der Waals surface area contributed by atoms with Gasteiger partial charge in [0.05, 0.1) is 6.04 Å². The van der Waals surface area contributed by atoms with Gasteiger partial charge >= 0.3 is 14.8 Å². The number of halogens is 1. The second-order valence-corrected chi connectivity index (χ2v) is 5.73. The molecule has 0 aromatic rings. The van der Waals surface area contributed by atoms with Gasteiger partial charge in [-0.15, -0.1) is 0 Å². The molecule has 0 N–H and O–H groups in total. The quantitative estimate of drug-likeness (QED) is 0.477. The summed E-state index contributed by atoms with van der Waals surface area (Å²) in [7, 11) is 0.795. The number of nitrogens with zero attached hydrogens (tertiary/aromatic N) is 1. The Bertz CT molecular complexity index is 257. The second-order valence-electron chi connectivity index (χ2n) is 2.73. The van der Waals surface area contributed by atoms with Gasteiger partial charge in [-0.05, 0) is 0 Å². The van der Waals surface area contributed by atoms with E-state index in [0.717, 1.165) is 0 Å². The van der Waals surface area contributed by atoms with Crippen LogP contribution in [0.1, 0.15) is 0 Å². The first-order chi connectivity index (χ1) is 7.55. The maximum atomic E-state index is 13.4. The Balaban J connectivity index is 4.35. The summed E-state index contributed by atoms with van der Waals surface area (Å²) >= 11 is 0. The van der Waals surface area contributed by atoms with Crippen LogP contribution in [0.2, 0.25) is 6.04 Å². The van der Waals surface area contributed by atoms with Gasteiger partial charge in [-0.3, -0.25) is 0 Å². The maximum absolute atomic E-state index is 13.4. The molecular formula is C8H14FNO5Si. The predicted octanol–water partition coefficient (Wildman–Crippen LogP) is 0.269. The topological polar surface area (TPSA) is 77.8 Å². The van der Waals surface area contributed by atoms with Crippen molar-refractivity contribution >= 4 is 14.8 Å². The molecule has 6 nitrogen and oxygen atoms in total. The van der Waals surface area contributed by atoms with E-state index >= 15 is 0 Å². The summed E-state index contributed by atoms with van der Waals surface area (Å²) < 4.78 is 32.5. The van der Waals surface area contributed by atoms with Crippen LogP contribution in [0.5, 0.6) is 0 Å². The molecule has 0 rings (SSSR count). The standard InChI is InChI=1S/C8H14FNO5Si/c1-12-16(13-2,14-3)6-7(9)8(11)15-5-4-10/h7H,5-6H2,1-3H3. The van der Waals surface area contributed by atoms with Crippen molar-refractivity contribution in [1.82, 2.24) is 0 Å². The molecule has 0 aromatic heterocycles. The van der Waals surface area contributed by atoms with Gasteiger partial charge in [0, 0.05) is 21.3 Å². The lowest BCUT2D eigenvalue weighted by atomic mass is 10.4. The van der Waals surface area contributed by atoms with Crippen LogP contribution in [0.4, 0.5) is 4.39 Å². The van der Waals surface area contributed by atoms with Gasteiger partial charge in [-0.25, -0.2) is 9.18 Å². The second kappa shape index (κ2) is 7.29. The van der Waals surface area contributed by atoms with Gasteiger partial charge in [0.15, 0.2) is 6.61 Å². The van der Waals surface area contributed by atoms with E-state index in [4.69, 9.17) is 18.5 Å². The van der Waals surface area contributed by atoms with Gasteiger partial charge in [0.25, 0.3) is 0 Å². The van der Waals surface area contributed by atoms with Crippen molar-refractivity contribution in [3.63, 3.8) is 0 Å². The third kappa shape index (κ3) is 4.24. The molecule has 0 saturated carbocycles. The van der Waals surface area contributed by atoms with Gasteiger partial charge < -0.3 is 18.0 Å².